The van der Waals surface area contributed by atoms with Crippen molar-refractivity contribution in [1.82, 2.24) is 0 Å². The van der Waals surface area contributed by atoms with Gasteiger partial charge in [-0.25, -0.2) is 4.79 Å². The molecule has 3 rings (SSSR count). The summed E-state index contributed by atoms with van der Waals surface area (Å²) < 4.78 is 5.53. The van der Waals surface area contributed by atoms with Gasteiger partial charge in [0.15, 0.2) is 0 Å². The van der Waals surface area contributed by atoms with E-state index in [0.29, 0.717) is 11.5 Å². The van der Waals surface area contributed by atoms with E-state index in [-0.39, 0.29) is 23.9 Å². The Morgan fingerprint density at radius 2 is 1.65 bits per heavy atom. The quantitative estimate of drug-likeness (QED) is 0.363. The molecule has 0 radical (unpaired) electrons. The minimum atomic E-state index is -0.204. The molecule has 90 valence electrons. The summed E-state index contributed by atoms with van der Waals surface area (Å²) in [7, 11) is 0. The first-order chi connectivity index (χ1) is 8.09. The highest BCUT2D eigenvalue weighted by molar-refractivity contribution is 5.91. The Bertz CT molecular complexity index is 432. The monoisotopic (exact) mass is 230 g/mol. The molecule has 4 atom stereocenters. The van der Waals surface area contributed by atoms with Crippen LogP contribution in [0.3, 0.4) is 0 Å². The predicted octanol–water partition coefficient (Wildman–Crippen LogP) is 3.02. The fourth-order valence-corrected chi connectivity index (χ4v) is 3.71. The molecule has 2 aliphatic carbocycles. The predicted molar refractivity (Wildman–Crippen MR) is 66.2 cm³/mol. The molecule has 0 N–H and O–H groups in total. The van der Waals surface area contributed by atoms with Crippen LogP contribution in [0, 0.1) is 17.8 Å². The maximum absolute atomic E-state index is 11.6. The van der Waals surface area contributed by atoms with Crippen molar-refractivity contribution in [2.24, 2.45) is 17.8 Å². The number of ether oxygens (including phenoxy) is 1. The molecule has 0 aromatic heterocycles. The van der Waals surface area contributed by atoms with Gasteiger partial charge in [0.1, 0.15) is 6.10 Å². The summed E-state index contributed by atoms with van der Waals surface area (Å²) in [6.07, 6.45) is 4.12. The largest absolute Gasteiger partial charge is 0.458 e. The Kier molecular flexibility index (Phi) is 2.29. The van der Waals surface area contributed by atoms with Crippen LogP contribution in [0.1, 0.15) is 25.7 Å². The van der Waals surface area contributed by atoms with Crippen LogP contribution in [0.5, 0.6) is 0 Å². The minimum absolute atomic E-state index is 0.0155. The molecule has 17 heavy (non-hydrogen) atoms. The van der Waals surface area contributed by atoms with Gasteiger partial charge in [-0.15, -0.1) is 0 Å². The first-order valence-corrected chi connectivity index (χ1v) is 6.34. The highest BCUT2D eigenvalue weighted by Gasteiger charge is 2.50. The molecule has 0 aromatic rings. The summed E-state index contributed by atoms with van der Waals surface area (Å²) in [5.74, 6) is 0.769. The van der Waals surface area contributed by atoms with Crippen molar-refractivity contribution >= 4 is 5.97 Å². The highest BCUT2D eigenvalue weighted by Crippen LogP contribution is 2.51. The van der Waals surface area contributed by atoms with E-state index in [9.17, 15) is 4.79 Å². The first kappa shape index (κ1) is 10.8. The number of carbonyl (C=O) groups is 1. The summed E-state index contributed by atoms with van der Waals surface area (Å²) in [4.78, 5) is 11.6. The number of allylic oxidation sites excluding steroid dienone is 1. The number of esters is 1. The SMILES string of the molecule is C=C1CCC(=C)[C@H]2CC[C@H]3C(=C)C(=O)O[C@H]3[C@H]12. The molecule has 1 saturated heterocycles. The van der Waals surface area contributed by atoms with Gasteiger partial charge in [-0.1, -0.05) is 30.9 Å². The van der Waals surface area contributed by atoms with Gasteiger partial charge in [0, 0.05) is 17.4 Å². The van der Waals surface area contributed by atoms with Gasteiger partial charge >= 0.3 is 5.97 Å². The third-order valence-corrected chi connectivity index (χ3v) is 4.69. The average Bonchev–Trinajstić information content (AvgIpc) is 2.60. The fourth-order valence-electron chi connectivity index (χ4n) is 3.71. The maximum Gasteiger partial charge on any atom is 0.334 e. The second-order valence-corrected chi connectivity index (χ2v) is 5.53. The number of hydrogen-bond donors (Lipinski definition) is 0. The van der Waals surface area contributed by atoms with E-state index in [1.165, 1.54) is 11.1 Å². The van der Waals surface area contributed by atoms with Crippen molar-refractivity contribution in [2.45, 2.75) is 31.8 Å². The van der Waals surface area contributed by atoms with Crippen molar-refractivity contribution in [3.63, 3.8) is 0 Å². The van der Waals surface area contributed by atoms with Crippen LogP contribution in [0.2, 0.25) is 0 Å². The molecule has 0 bridgehead atoms. The van der Waals surface area contributed by atoms with Crippen LogP contribution in [0.25, 0.3) is 0 Å². The zero-order chi connectivity index (χ0) is 12.2. The number of fused-ring (bicyclic) bond motifs is 3. The van der Waals surface area contributed by atoms with Crippen LogP contribution in [0.4, 0.5) is 0 Å². The number of rotatable bonds is 0. The Balaban J connectivity index is 1.95. The Labute approximate surface area is 102 Å². The van der Waals surface area contributed by atoms with Crippen molar-refractivity contribution in [3.8, 4) is 0 Å². The van der Waals surface area contributed by atoms with Crippen molar-refractivity contribution in [3.05, 3.63) is 36.5 Å². The van der Waals surface area contributed by atoms with Crippen molar-refractivity contribution in [1.29, 1.82) is 0 Å². The molecule has 0 unspecified atom stereocenters. The summed E-state index contributed by atoms with van der Waals surface area (Å²) in [6, 6.07) is 0. The lowest BCUT2D eigenvalue weighted by Crippen LogP contribution is -2.41. The molecule has 0 aromatic carbocycles. The topological polar surface area (TPSA) is 26.3 Å². The van der Waals surface area contributed by atoms with Crippen LogP contribution >= 0.6 is 0 Å². The zero-order valence-corrected chi connectivity index (χ0v) is 10.1. The van der Waals surface area contributed by atoms with Gasteiger partial charge in [0.25, 0.3) is 0 Å². The smallest absolute Gasteiger partial charge is 0.334 e. The van der Waals surface area contributed by atoms with Crippen molar-refractivity contribution < 1.29 is 9.53 Å². The minimum Gasteiger partial charge on any atom is -0.458 e. The molecule has 3 fully saturated rings. The van der Waals surface area contributed by atoms with Crippen LogP contribution in [-0.2, 0) is 9.53 Å². The third kappa shape index (κ3) is 1.43. The standard InChI is InChI=1S/C15H18O2/c1-8-4-5-9(2)13-11(8)6-7-12-10(3)15(16)17-14(12)13/h11-14H,1-7H2/t11-,12+,13-,14-/m1/s1. The molecule has 1 heterocycles. The van der Waals surface area contributed by atoms with E-state index in [0.717, 1.165) is 25.7 Å². The van der Waals surface area contributed by atoms with Gasteiger partial charge < -0.3 is 4.74 Å². The van der Waals surface area contributed by atoms with Gasteiger partial charge in [0.05, 0.1) is 0 Å². The Morgan fingerprint density at radius 3 is 2.41 bits per heavy atom. The second kappa shape index (κ2) is 3.59. The first-order valence-electron chi connectivity index (χ1n) is 6.34. The third-order valence-electron chi connectivity index (χ3n) is 4.69. The number of hydrogen-bond acceptors (Lipinski definition) is 2. The molecule has 0 spiro atoms. The van der Waals surface area contributed by atoms with E-state index in [4.69, 9.17) is 4.74 Å². The summed E-state index contributed by atoms with van der Waals surface area (Å²) >= 11 is 0. The van der Waals surface area contributed by atoms with Crippen LogP contribution in [0.15, 0.2) is 36.5 Å². The highest BCUT2D eigenvalue weighted by atomic mass is 16.6. The van der Waals surface area contributed by atoms with Crippen LogP contribution in [-0.4, -0.2) is 12.1 Å². The lowest BCUT2D eigenvalue weighted by atomic mass is 9.62. The van der Waals surface area contributed by atoms with E-state index < -0.39 is 0 Å². The summed E-state index contributed by atoms with van der Waals surface area (Å²) in [5.41, 5.74) is 3.21. The Morgan fingerprint density at radius 1 is 1.00 bits per heavy atom. The molecular weight excluding hydrogens is 212 g/mol. The molecule has 2 heteroatoms. The second-order valence-electron chi connectivity index (χ2n) is 5.53. The molecule has 2 nitrogen and oxygen atoms in total. The van der Waals surface area contributed by atoms with Gasteiger partial charge in [0.2, 0.25) is 0 Å². The van der Waals surface area contributed by atoms with Gasteiger partial charge in [-0.05, 0) is 31.6 Å². The fraction of sp³-hybridized carbons (Fsp3) is 0.533. The Hall–Kier alpha value is -1.31. The number of carbonyl (C=O) groups excluding carboxylic acids is 1. The summed E-state index contributed by atoms with van der Waals surface area (Å²) in [5, 5.41) is 0. The van der Waals surface area contributed by atoms with Crippen molar-refractivity contribution in [2.75, 3.05) is 0 Å². The van der Waals surface area contributed by atoms with E-state index in [2.05, 4.69) is 19.7 Å². The lowest BCUT2D eigenvalue weighted by Gasteiger charge is -2.43. The molecule has 0 amide bonds. The average molecular weight is 230 g/mol. The molecule has 2 saturated carbocycles. The van der Waals surface area contributed by atoms with Crippen LogP contribution < -0.4 is 0 Å². The van der Waals surface area contributed by atoms with E-state index >= 15 is 0 Å². The van der Waals surface area contributed by atoms with Gasteiger partial charge in [-0.3, -0.25) is 0 Å². The van der Waals surface area contributed by atoms with Gasteiger partial charge in [-0.2, -0.15) is 0 Å². The maximum atomic E-state index is 11.6. The molecule has 3 aliphatic rings. The molecule has 1 aliphatic heterocycles. The van der Waals surface area contributed by atoms with E-state index in [1.54, 1.807) is 0 Å². The summed E-state index contributed by atoms with van der Waals surface area (Å²) in [6.45, 7) is 12.2. The molecular formula is C15H18O2. The zero-order valence-electron chi connectivity index (χ0n) is 10.1. The normalized spacial score (nSPS) is 40.9. The van der Waals surface area contributed by atoms with E-state index in [1.807, 2.05) is 0 Å². The lowest BCUT2D eigenvalue weighted by molar-refractivity contribution is -0.142.